The predicted octanol–water partition coefficient (Wildman–Crippen LogP) is 0.140. The van der Waals surface area contributed by atoms with Crippen LogP contribution in [0, 0.1) is 0 Å². The van der Waals surface area contributed by atoms with Crippen molar-refractivity contribution in [1.29, 1.82) is 0 Å². The van der Waals surface area contributed by atoms with Crippen molar-refractivity contribution in [3.05, 3.63) is 42.5 Å². The quantitative estimate of drug-likeness (QED) is 0.793. The molecule has 2 aromatic rings. The van der Waals surface area contributed by atoms with Crippen molar-refractivity contribution in [2.45, 2.75) is 6.54 Å². The van der Waals surface area contributed by atoms with Crippen molar-refractivity contribution < 1.29 is 4.79 Å². The van der Waals surface area contributed by atoms with Gasteiger partial charge in [-0.25, -0.2) is 9.97 Å². The first-order valence-corrected chi connectivity index (χ1v) is 4.77. The molecule has 0 bridgehead atoms. The molecule has 0 aliphatic carbocycles. The van der Waals surface area contributed by atoms with E-state index in [1.807, 2.05) is 17.8 Å². The van der Waals surface area contributed by atoms with Gasteiger partial charge in [0.1, 0.15) is 5.69 Å². The lowest BCUT2D eigenvalue weighted by atomic mass is 10.4. The van der Waals surface area contributed by atoms with Gasteiger partial charge in [0.2, 0.25) is 0 Å². The average molecular weight is 217 g/mol. The van der Waals surface area contributed by atoms with Gasteiger partial charge in [-0.05, 0) is 0 Å². The van der Waals surface area contributed by atoms with Crippen LogP contribution in [0.5, 0.6) is 0 Å². The number of amides is 1. The second-order valence-electron chi connectivity index (χ2n) is 3.30. The second-order valence-corrected chi connectivity index (χ2v) is 3.30. The van der Waals surface area contributed by atoms with E-state index in [-0.39, 0.29) is 5.91 Å². The van der Waals surface area contributed by atoms with E-state index in [1.165, 1.54) is 18.6 Å². The molecular formula is C10H11N5O. The van der Waals surface area contributed by atoms with Gasteiger partial charge in [0.25, 0.3) is 5.91 Å². The lowest BCUT2D eigenvalue weighted by Crippen LogP contribution is -2.24. The third kappa shape index (κ3) is 2.41. The van der Waals surface area contributed by atoms with E-state index < -0.39 is 0 Å². The highest BCUT2D eigenvalue weighted by atomic mass is 16.1. The number of carbonyl (C=O) groups excluding carboxylic acids is 1. The van der Waals surface area contributed by atoms with Crippen LogP contribution in [0.25, 0.3) is 0 Å². The molecule has 0 fully saturated rings. The highest BCUT2D eigenvalue weighted by Gasteiger charge is 2.06. The molecule has 1 amide bonds. The maximum absolute atomic E-state index is 11.6. The number of aromatic nitrogens is 4. The van der Waals surface area contributed by atoms with Crippen LogP contribution in [0.15, 0.2) is 31.1 Å². The molecule has 2 rings (SSSR count). The van der Waals surface area contributed by atoms with Crippen LogP contribution in [0.2, 0.25) is 0 Å². The largest absolute Gasteiger partial charge is 0.345 e. The van der Waals surface area contributed by atoms with E-state index in [1.54, 1.807) is 6.33 Å². The Kier molecular flexibility index (Phi) is 2.90. The average Bonchev–Trinajstić information content (AvgIpc) is 2.73. The van der Waals surface area contributed by atoms with Crippen molar-refractivity contribution in [2.75, 3.05) is 0 Å². The Balaban J connectivity index is 1.94. The highest BCUT2D eigenvalue weighted by molar-refractivity contribution is 5.91. The number of hydrogen-bond donors (Lipinski definition) is 1. The topological polar surface area (TPSA) is 72.7 Å². The molecule has 2 heterocycles. The van der Waals surface area contributed by atoms with E-state index >= 15 is 0 Å². The molecule has 6 nitrogen and oxygen atoms in total. The lowest BCUT2D eigenvalue weighted by Gasteiger charge is -2.01. The first-order valence-electron chi connectivity index (χ1n) is 4.77. The van der Waals surface area contributed by atoms with Crippen molar-refractivity contribution in [3.63, 3.8) is 0 Å². The molecule has 0 aromatic carbocycles. The summed E-state index contributed by atoms with van der Waals surface area (Å²) in [7, 11) is 1.88. The molecule has 0 unspecified atom stereocenters. The molecule has 16 heavy (non-hydrogen) atoms. The number of nitrogens with one attached hydrogen (secondary N) is 1. The van der Waals surface area contributed by atoms with Gasteiger partial charge < -0.3 is 9.88 Å². The maximum Gasteiger partial charge on any atom is 0.271 e. The summed E-state index contributed by atoms with van der Waals surface area (Å²) in [6.07, 6.45) is 7.96. The molecule has 1 N–H and O–H groups in total. The monoisotopic (exact) mass is 217 g/mol. The summed E-state index contributed by atoms with van der Waals surface area (Å²) in [5, 5.41) is 2.71. The van der Waals surface area contributed by atoms with E-state index in [0.29, 0.717) is 12.2 Å². The Labute approximate surface area is 92.4 Å². The normalized spacial score (nSPS) is 10.1. The van der Waals surface area contributed by atoms with Crippen molar-refractivity contribution in [2.24, 2.45) is 7.05 Å². The maximum atomic E-state index is 11.6. The molecule has 82 valence electrons. The number of rotatable bonds is 3. The number of imidazole rings is 1. The zero-order chi connectivity index (χ0) is 11.4. The van der Waals surface area contributed by atoms with Gasteiger partial charge in [0.05, 0.1) is 24.8 Å². The van der Waals surface area contributed by atoms with Crippen LogP contribution in [0.4, 0.5) is 0 Å². The van der Waals surface area contributed by atoms with Gasteiger partial charge in [-0.2, -0.15) is 0 Å². The molecule has 0 aliphatic rings. The van der Waals surface area contributed by atoms with Gasteiger partial charge in [-0.1, -0.05) is 0 Å². The molecule has 6 heteroatoms. The van der Waals surface area contributed by atoms with Crippen LogP contribution in [0.1, 0.15) is 16.2 Å². The fourth-order valence-electron chi connectivity index (χ4n) is 1.24. The van der Waals surface area contributed by atoms with E-state index in [9.17, 15) is 4.79 Å². The number of nitrogens with zero attached hydrogens (tertiary/aromatic N) is 4. The molecule has 0 radical (unpaired) electrons. The second kappa shape index (κ2) is 4.52. The third-order valence-corrected chi connectivity index (χ3v) is 1.98. The Morgan fingerprint density at radius 1 is 1.44 bits per heavy atom. The minimum absolute atomic E-state index is 0.251. The van der Waals surface area contributed by atoms with Gasteiger partial charge in [-0.3, -0.25) is 9.78 Å². The van der Waals surface area contributed by atoms with E-state index in [0.717, 1.165) is 5.69 Å². The summed E-state index contributed by atoms with van der Waals surface area (Å²) in [5.74, 6) is -0.251. The van der Waals surface area contributed by atoms with Crippen LogP contribution in [-0.4, -0.2) is 25.4 Å². The fourth-order valence-corrected chi connectivity index (χ4v) is 1.24. The van der Waals surface area contributed by atoms with Gasteiger partial charge in [0.15, 0.2) is 0 Å². The molecule has 0 saturated heterocycles. The summed E-state index contributed by atoms with van der Waals surface area (Å²) >= 11 is 0. The molecule has 0 spiro atoms. The fraction of sp³-hybridized carbons (Fsp3) is 0.200. The summed E-state index contributed by atoms with van der Waals surface area (Å²) in [5.41, 5.74) is 1.11. The standard InChI is InChI=1S/C10H11N5O/c1-15-6-8(14-7-15)4-13-10(16)9-5-11-2-3-12-9/h2-3,5-7H,4H2,1H3,(H,13,16). The minimum Gasteiger partial charge on any atom is -0.345 e. The Bertz CT molecular complexity index is 479. The highest BCUT2D eigenvalue weighted by Crippen LogP contribution is 1.95. The van der Waals surface area contributed by atoms with Gasteiger partial charge >= 0.3 is 0 Å². The van der Waals surface area contributed by atoms with Crippen LogP contribution in [-0.2, 0) is 13.6 Å². The lowest BCUT2D eigenvalue weighted by molar-refractivity contribution is 0.0945. The van der Waals surface area contributed by atoms with Crippen molar-refractivity contribution >= 4 is 5.91 Å². The Morgan fingerprint density at radius 2 is 2.31 bits per heavy atom. The third-order valence-electron chi connectivity index (χ3n) is 1.98. The number of aryl methyl sites for hydroxylation is 1. The van der Waals surface area contributed by atoms with Crippen LogP contribution < -0.4 is 5.32 Å². The summed E-state index contributed by atoms with van der Waals surface area (Å²) in [4.78, 5) is 23.4. The molecular weight excluding hydrogens is 206 g/mol. The summed E-state index contributed by atoms with van der Waals surface area (Å²) in [6.45, 7) is 0.385. The molecule has 0 aliphatic heterocycles. The minimum atomic E-state index is -0.251. The zero-order valence-electron chi connectivity index (χ0n) is 8.79. The molecule has 0 atom stereocenters. The number of hydrogen-bond acceptors (Lipinski definition) is 4. The van der Waals surface area contributed by atoms with E-state index in [4.69, 9.17) is 0 Å². The zero-order valence-corrected chi connectivity index (χ0v) is 8.79. The molecule has 0 saturated carbocycles. The first kappa shape index (κ1) is 10.3. The Morgan fingerprint density at radius 3 is 2.94 bits per heavy atom. The summed E-state index contributed by atoms with van der Waals surface area (Å²) in [6, 6.07) is 0. The smallest absolute Gasteiger partial charge is 0.271 e. The molecule has 2 aromatic heterocycles. The van der Waals surface area contributed by atoms with Crippen LogP contribution >= 0.6 is 0 Å². The Hall–Kier alpha value is -2.24. The predicted molar refractivity (Wildman–Crippen MR) is 56.4 cm³/mol. The summed E-state index contributed by atoms with van der Waals surface area (Å²) < 4.78 is 1.82. The first-order chi connectivity index (χ1) is 7.75. The number of carbonyl (C=O) groups is 1. The van der Waals surface area contributed by atoms with Gasteiger partial charge in [0, 0.05) is 25.6 Å². The van der Waals surface area contributed by atoms with E-state index in [2.05, 4.69) is 20.3 Å². The van der Waals surface area contributed by atoms with Crippen molar-refractivity contribution in [3.8, 4) is 0 Å². The van der Waals surface area contributed by atoms with Crippen LogP contribution in [0.3, 0.4) is 0 Å². The SMILES string of the molecule is Cn1cnc(CNC(=O)c2cnccn2)c1. The van der Waals surface area contributed by atoms with Gasteiger partial charge in [-0.15, -0.1) is 0 Å². The van der Waals surface area contributed by atoms with Crippen molar-refractivity contribution in [1.82, 2.24) is 24.8 Å².